The first kappa shape index (κ1) is 23.5. The second-order valence-corrected chi connectivity index (χ2v) is 8.71. The predicted octanol–water partition coefficient (Wildman–Crippen LogP) is 5.13. The number of hydrogen-bond acceptors (Lipinski definition) is 3. The molecule has 8 heteroatoms. The Hall–Kier alpha value is -3.61. The van der Waals surface area contributed by atoms with Gasteiger partial charge in [-0.15, -0.1) is 0 Å². The Morgan fingerprint density at radius 1 is 0.882 bits per heavy atom. The van der Waals surface area contributed by atoms with Crippen LogP contribution in [0.3, 0.4) is 0 Å². The summed E-state index contributed by atoms with van der Waals surface area (Å²) in [5.41, 5.74) is 7.05. The smallest absolute Gasteiger partial charge is 0.259 e. The first-order valence-electron chi connectivity index (χ1n) is 10.5. The summed E-state index contributed by atoms with van der Waals surface area (Å²) in [5.74, 6) is -1.43. The molecule has 0 aliphatic heterocycles. The highest BCUT2D eigenvalue weighted by atomic mass is 35.5. The zero-order valence-corrected chi connectivity index (χ0v) is 19.7. The molecule has 2 atom stereocenters. The number of nitrogens with one attached hydrogen (secondary N) is 1. The predicted molar refractivity (Wildman–Crippen MR) is 135 cm³/mol. The van der Waals surface area contributed by atoms with Crippen molar-refractivity contribution in [1.82, 2.24) is 4.57 Å². The molecular formula is C26H21Cl2N3O3. The fourth-order valence-corrected chi connectivity index (χ4v) is 4.18. The van der Waals surface area contributed by atoms with Crippen molar-refractivity contribution in [2.45, 2.75) is 18.9 Å². The van der Waals surface area contributed by atoms with Crippen LogP contribution in [0.2, 0.25) is 10.0 Å². The van der Waals surface area contributed by atoms with Gasteiger partial charge in [-0.2, -0.15) is 0 Å². The van der Waals surface area contributed by atoms with Crippen molar-refractivity contribution in [3.63, 3.8) is 0 Å². The molecular weight excluding hydrogens is 473 g/mol. The number of nitrogens with two attached hydrogens (primary N) is 1. The second-order valence-electron chi connectivity index (χ2n) is 7.90. The standard InChI is InChI=1S/C26H21Cl2N3O3/c1-15(17-10-11-20(27)21(28)14-17)25(33)30-22-9-5-8-19-18(22)12-13-31(26(19)34)23(24(29)32)16-6-3-2-4-7-16/h2-15,23H,1H3,(H2,29,32)(H,30,33)/t15-,23?/m0/s1. The number of amides is 2. The summed E-state index contributed by atoms with van der Waals surface area (Å²) in [7, 11) is 0. The van der Waals surface area contributed by atoms with Gasteiger partial charge < -0.3 is 11.1 Å². The lowest BCUT2D eigenvalue weighted by Gasteiger charge is -2.19. The Bertz CT molecular complexity index is 1450. The number of anilines is 1. The number of rotatable bonds is 6. The van der Waals surface area contributed by atoms with Crippen molar-refractivity contribution in [2.24, 2.45) is 5.73 Å². The SMILES string of the molecule is C[C@H](C(=O)Nc1cccc2c(=O)n(C(C(N)=O)c3ccccc3)ccc12)c1ccc(Cl)c(Cl)c1. The molecule has 0 aliphatic rings. The number of fused-ring (bicyclic) bond motifs is 1. The summed E-state index contributed by atoms with van der Waals surface area (Å²) in [6.07, 6.45) is 1.52. The normalized spacial score (nSPS) is 12.8. The molecule has 34 heavy (non-hydrogen) atoms. The van der Waals surface area contributed by atoms with Gasteiger partial charge in [-0.3, -0.25) is 19.0 Å². The largest absolute Gasteiger partial charge is 0.368 e. The topological polar surface area (TPSA) is 94.2 Å². The van der Waals surface area contributed by atoms with E-state index in [0.29, 0.717) is 37.6 Å². The van der Waals surface area contributed by atoms with E-state index in [4.69, 9.17) is 28.9 Å². The molecule has 1 heterocycles. The molecule has 0 saturated carbocycles. The maximum atomic E-state index is 13.3. The van der Waals surface area contributed by atoms with Gasteiger partial charge in [-0.05, 0) is 48.4 Å². The number of benzene rings is 3. The van der Waals surface area contributed by atoms with Crippen molar-refractivity contribution >= 4 is 51.5 Å². The molecule has 4 aromatic rings. The summed E-state index contributed by atoms with van der Waals surface area (Å²) < 4.78 is 1.31. The molecule has 2 amide bonds. The third-order valence-corrected chi connectivity index (χ3v) is 6.47. The Kier molecular flexibility index (Phi) is 6.72. The Balaban J connectivity index is 1.70. The summed E-state index contributed by atoms with van der Waals surface area (Å²) in [4.78, 5) is 38.5. The maximum Gasteiger partial charge on any atom is 0.259 e. The number of nitrogens with zero attached hydrogens (tertiary/aromatic N) is 1. The molecule has 0 aliphatic carbocycles. The van der Waals surface area contributed by atoms with E-state index in [1.165, 1.54) is 10.8 Å². The molecule has 0 bridgehead atoms. The van der Waals surface area contributed by atoms with Crippen molar-refractivity contribution < 1.29 is 9.59 Å². The minimum Gasteiger partial charge on any atom is -0.368 e. The number of hydrogen-bond donors (Lipinski definition) is 2. The summed E-state index contributed by atoms with van der Waals surface area (Å²) >= 11 is 12.1. The number of carbonyl (C=O) groups is 2. The average molecular weight is 494 g/mol. The van der Waals surface area contributed by atoms with Crippen LogP contribution < -0.4 is 16.6 Å². The quantitative estimate of drug-likeness (QED) is 0.389. The average Bonchev–Trinajstić information content (AvgIpc) is 2.83. The van der Waals surface area contributed by atoms with Gasteiger partial charge in [0.15, 0.2) is 0 Å². The molecule has 0 fully saturated rings. The molecule has 3 aromatic carbocycles. The van der Waals surface area contributed by atoms with Crippen LogP contribution >= 0.6 is 23.2 Å². The maximum absolute atomic E-state index is 13.3. The number of primary amides is 1. The van der Waals surface area contributed by atoms with E-state index in [1.54, 1.807) is 73.7 Å². The molecule has 4 rings (SSSR count). The van der Waals surface area contributed by atoms with E-state index in [2.05, 4.69) is 5.32 Å². The van der Waals surface area contributed by atoms with Crippen molar-refractivity contribution in [1.29, 1.82) is 0 Å². The highest BCUT2D eigenvalue weighted by Gasteiger charge is 2.23. The van der Waals surface area contributed by atoms with Crippen LogP contribution in [0.4, 0.5) is 5.69 Å². The molecule has 6 nitrogen and oxygen atoms in total. The van der Waals surface area contributed by atoms with Crippen molar-refractivity contribution in [3.05, 3.63) is 111 Å². The molecule has 172 valence electrons. The van der Waals surface area contributed by atoms with Gasteiger partial charge in [0.25, 0.3) is 5.56 Å². The van der Waals surface area contributed by atoms with Crippen LogP contribution in [0.15, 0.2) is 83.8 Å². The second kappa shape index (κ2) is 9.71. The molecule has 0 saturated heterocycles. The Labute approximate surface area is 205 Å². The van der Waals surface area contributed by atoms with Gasteiger partial charge in [0.1, 0.15) is 6.04 Å². The van der Waals surface area contributed by atoms with Crippen LogP contribution in [0, 0.1) is 0 Å². The van der Waals surface area contributed by atoms with E-state index in [1.807, 2.05) is 6.07 Å². The number of pyridine rings is 1. The number of aromatic nitrogens is 1. The lowest BCUT2D eigenvalue weighted by Crippen LogP contribution is -2.34. The molecule has 1 aromatic heterocycles. The fraction of sp³-hybridized carbons (Fsp3) is 0.115. The fourth-order valence-electron chi connectivity index (χ4n) is 3.88. The van der Waals surface area contributed by atoms with Gasteiger partial charge in [0, 0.05) is 22.7 Å². The molecule has 1 unspecified atom stereocenters. The minimum absolute atomic E-state index is 0.269. The molecule has 0 radical (unpaired) electrons. The highest BCUT2D eigenvalue weighted by molar-refractivity contribution is 6.42. The van der Waals surface area contributed by atoms with Gasteiger partial charge in [-0.1, -0.05) is 65.7 Å². The lowest BCUT2D eigenvalue weighted by atomic mass is 10.00. The third-order valence-electron chi connectivity index (χ3n) is 5.73. The van der Waals surface area contributed by atoms with E-state index < -0.39 is 23.4 Å². The van der Waals surface area contributed by atoms with E-state index >= 15 is 0 Å². The van der Waals surface area contributed by atoms with Gasteiger partial charge in [0.05, 0.1) is 16.0 Å². The van der Waals surface area contributed by atoms with Crippen molar-refractivity contribution in [2.75, 3.05) is 5.32 Å². The van der Waals surface area contributed by atoms with Crippen molar-refractivity contribution in [3.8, 4) is 0 Å². The van der Waals surface area contributed by atoms with Gasteiger partial charge >= 0.3 is 0 Å². The van der Waals surface area contributed by atoms with E-state index in [-0.39, 0.29) is 5.91 Å². The first-order valence-corrected chi connectivity index (χ1v) is 11.3. The third kappa shape index (κ3) is 4.55. The van der Waals surface area contributed by atoms with E-state index in [9.17, 15) is 14.4 Å². The summed E-state index contributed by atoms with van der Waals surface area (Å²) in [6.45, 7) is 1.75. The van der Waals surface area contributed by atoms with Crippen LogP contribution in [0.5, 0.6) is 0 Å². The number of carbonyl (C=O) groups excluding carboxylic acids is 2. The summed E-state index contributed by atoms with van der Waals surface area (Å²) in [6, 6.07) is 19.7. The zero-order valence-electron chi connectivity index (χ0n) is 18.2. The highest BCUT2D eigenvalue weighted by Crippen LogP contribution is 2.28. The van der Waals surface area contributed by atoms with Crippen LogP contribution in [0.1, 0.15) is 30.0 Å². The van der Waals surface area contributed by atoms with Crippen LogP contribution in [-0.4, -0.2) is 16.4 Å². The Morgan fingerprint density at radius 3 is 2.29 bits per heavy atom. The van der Waals surface area contributed by atoms with Crippen LogP contribution in [0.25, 0.3) is 10.8 Å². The molecule has 3 N–H and O–H groups in total. The van der Waals surface area contributed by atoms with Gasteiger partial charge in [0.2, 0.25) is 11.8 Å². The number of halogens is 2. The zero-order chi connectivity index (χ0) is 24.4. The first-order chi connectivity index (χ1) is 16.3. The minimum atomic E-state index is -0.953. The van der Waals surface area contributed by atoms with Crippen LogP contribution in [-0.2, 0) is 9.59 Å². The monoisotopic (exact) mass is 493 g/mol. The molecule has 0 spiro atoms. The van der Waals surface area contributed by atoms with Gasteiger partial charge in [-0.25, -0.2) is 0 Å². The summed E-state index contributed by atoms with van der Waals surface area (Å²) in [5, 5.41) is 4.57. The van der Waals surface area contributed by atoms with E-state index in [0.717, 1.165) is 0 Å². The lowest BCUT2D eigenvalue weighted by molar-refractivity contribution is -0.120. The Morgan fingerprint density at radius 2 is 1.62 bits per heavy atom.